The predicted molar refractivity (Wildman–Crippen MR) is 91.4 cm³/mol. The Kier molecular flexibility index (Phi) is 3.91. The van der Waals surface area contributed by atoms with Crippen LogP contribution in [0.2, 0.25) is 0 Å². The minimum atomic E-state index is -0.555. The topological polar surface area (TPSA) is 42.0 Å². The third-order valence-electron chi connectivity index (χ3n) is 5.73. The van der Waals surface area contributed by atoms with Crippen LogP contribution in [0.5, 0.6) is 11.5 Å². The summed E-state index contributed by atoms with van der Waals surface area (Å²) < 4.78 is 12.0. The number of para-hydroxylation sites is 2. The van der Waals surface area contributed by atoms with Crippen LogP contribution in [0.25, 0.3) is 0 Å². The fourth-order valence-corrected chi connectivity index (χ4v) is 4.52. The van der Waals surface area contributed by atoms with Gasteiger partial charge in [-0.3, -0.25) is 4.79 Å². The highest BCUT2D eigenvalue weighted by molar-refractivity contribution is 5.83. The number of nitrogens with zero attached hydrogens (tertiary/aromatic N) is 2. The van der Waals surface area contributed by atoms with Gasteiger partial charge < -0.3 is 19.3 Å². The van der Waals surface area contributed by atoms with Gasteiger partial charge in [0.15, 0.2) is 11.5 Å². The fourth-order valence-electron chi connectivity index (χ4n) is 4.52. The second kappa shape index (κ2) is 5.96. The third-order valence-corrected chi connectivity index (χ3v) is 5.73. The van der Waals surface area contributed by atoms with Crippen LogP contribution < -0.4 is 9.47 Å². The summed E-state index contributed by atoms with van der Waals surface area (Å²) in [6, 6.07) is 7.59. The van der Waals surface area contributed by atoms with Gasteiger partial charge in [0, 0.05) is 19.6 Å². The van der Waals surface area contributed by atoms with Crippen molar-refractivity contribution in [2.24, 2.45) is 0 Å². The minimum absolute atomic E-state index is 0.00979. The molecule has 5 heteroatoms. The first-order valence-electron chi connectivity index (χ1n) is 9.01. The molecule has 0 aromatic heterocycles. The zero-order valence-electron chi connectivity index (χ0n) is 14.5. The van der Waals surface area contributed by atoms with E-state index in [9.17, 15) is 4.79 Å². The highest BCUT2D eigenvalue weighted by atomic mass is 16.6. The van der Waals surface area contributed by atoms with Gasteiger partial charge in [-0.2, -0.15) is 0 Å². The lowest BCUT2D eigenvalue weighted by molar-refractivity contribution is -0.155. The van der Waals surface area contributed by atoms with Gasteiger partial charge in [0.05, 0.1) is 5.54 Å². The summed E-state index contributed by atoms with van der Waals surface area (Å²) in [5.74, 6) is 1.48. The Balaban J connectivity index is 1.59. The number of amides is 1. The standard InChI is InChI=1S/C19H26N2O3/c1-14-17(24-16-8-4-3-7-15(16)23-14)18(22)21-12-11-20(2)13-19(21)9-5-6-10-19/h3-4,7-8,14,17H,5-6,9-13H2,1-2H3/t14-,17-/m0/s1. The molecule has 1 saturated carbocycles. The Morgan fingerprint density at radius 3 is 2.50 bits per heavy atom. The molecule has 2 atom stereocenters. The van der Waals surface area contributed by atoms with E-state index in [1.54, 1.807) is 0 Å². The van der Waals surface area contributed by atoms with Gasteiger partial charge in [-0.05, 0) is 38.9 Å². The monoisotopic (exact) mass is 330 g/mol. The lowest BCUT2D eigenvalue weighted by Crippen LogP contribution is -2.65. The molecule has 1 aromatic carbocycles. The van der Waals surface area contributed by atoms with E-state index < -0.39 is 6.10 Å². The van der Waals surface area contributed by atoms with E-state index in [0.29, 0.717) is 5.75 Å². The summed E-state index contributed by atoms with van der Waals surface area (Å²) in [6.07, 6.45) is 3.78. The number of hydrogen-bond donors (Lipinski definition) is 0. The Morgan fingerprint density at radius 2 is 1.79 bits per heavy atom. The molecule has 1 aromatic rings. The number of hydrogen-bond acceptors (Lipinski definition) is 4. The Morgan fingerprint density at radius 1 is 1.12 bits per heavy atom. The minimum Gasteiger partial charge on any atom is -0.482 e. The molecule has 130 valence electrons. The Bertz CT molecular complexity index is 627. The molecular formula is C19H26N2O3. The van der Waals surface area contributed by atoms with Crippen molar-refractivity contribution in [2.75, 3.05) is 26.7 Å². The van der Waals surface area contributed by atoms with Gasteiger partial charge in [-0.1, -0.05) is 25.0 Å². The molecule has 4 rings (SSSR count). The quantitative estimate of drug-likeness (QED) is 0.792. The number of fused-ring (bicyclic) bond motifs is 1. The first-order valence-corrected chi connectivity index (χ1v) is 9.01. The number of carbonyl (C=O) groups excluding carboxylic acids is 1. The molecule has 24 heavy (non-hydrogen) atoms. The second-order valence-corrected chi connectivity index (χ2v) is 7.47. The first kappa shape index (κ1) is 15.8. The molecule has 0 bridgehead atoms. The molecule has 2 fully saturated rings. The highest BCUT2D eigenvalue weighted by Crippen LogP contribution is 2.40. The highest BCUT2D eigenvalue weighted by Gasteiger charge is 2.48. The second-order valence-electron chi connectivity index (χ2n) is 7.47. The normalized spacial score (nSPS) is 29.0. The molecule has 2 aliphatic heterocycles. The first-order chi connectivity index (χ1) is 11.6. The van der Waals surface area contributed by atoms with Crippen molar-refractivity contribution >= 4 is 5.91 Å². The van der Waals surface area contributed by atoms with E-state index in [1.807, 2.05) is 31.2 Å². The Hall–Kier alpha value is -1.75. The average Bonchev–Trinajstić information content (AvgIpc) is 3.02. The number of piperazine rings is 1. The Labute approximate surface area is 143 Å². The lowest BCUT2D eigenvalue weighted by atomic mass is 9.91. The number of ether oxygens (including phenoxy) is 2. The summed E-state index contributed by atoms with van der Waals surface area (Å²) in [5, 5.41) is 0. The van der Waals surface area contributed by atoms with Crippen LogP contribution in [-0.2, 0) is 4.79 Å². The number of likely N-dealkylation sites (N-methyl/N-ethyl adjacent to an activating group) is 1. The third kappa shape index (κ3) is 2.55. The van der Waals surface area contributed by atoms with E-state index in [1.165, 1.54) is 12.8 Å². The largest absolute Gasteiger partial charge is 0.482 e. The number of carbonyl (C=O) groups is 1. The van der Waals surface area contributed by atoms with Crippen LogP contribution in [0.15, 0.2) is 24.3 Å². The lowest BCUT2D eigenvalue weighted by Gasteiger charge is -2.49. The molecular weight excluding hydrogens is 304 g/mol. The summed E-state index contributed by atoms with van der Waals surface area (Å²) in [7, 11) is 2.15. The summed E-state index contributed by atoms with van der Waals surface area (Å²) in [4.78, 5) is 17.8. The molecule has 1 saturated heterocycles. The van der Waals surface area contributed by atoms with E-state index in [4.69, 9.17) is 9.47 Å². The average molecular weight is 330 g/mol. The molecule has 3 aliphatic rings. The van der Waals surface area contributed by atoms with Crippen molar-refractivity contribution in [3.05, 3.63) is 24.3 Å². The van der Waals surface area contributed by atoms with Crippen molar-refractivity contribution in [3.63, 3.8) is 0 Å². The number of rotatable bonds is 1. The smallest absolute Gasteiger partial charge is 0.268 e. The maximum atomic E-state index is 13.3. The van der Waals surface area contributed by atoms with Crippen LogP contribution in [0.4, 0.5) is 0 Å². The van der Waals surface area contributed by atoms with Crippen LogP contribution in [0.1, 0.15) is 32.6 Å². The van der Waals surface area contributed by atoms with E-state index in [0.717, 1.165) is 38.2 Å². The summed E-state index contributed by atoms with van der Waals surface area (Å²) in [5.41, 5.74) is -0.00979. The van der Waals surface area contributed by atoms with Crippen LogP contribution in [0, 0.1) is 0 Å². The molecule has 2 heterocycles. The zero-order chi connectivity index (χ0) is 16.7. The van der Waals surface area contributed by atoms with Crippen molar-refractivity contribution in [3.8, 4) is 11.5 Å². The van der Waals surface area contributed by atoms with E-state index in [2.05, 4.69) is 16.8 Å². The van der Waals surface area contributed by atoms with Gasteiger partial charge in [-0.25, -0.2) is 0 Å². The van der Waals surface area contributed by atoms with Gasteiger partial charge in [-0.15, -0.1) is 0 Å². The van der Waals surface area contributed by atoms with Crippen molar-refractivity contribution in [1.29, 1.82) is 0 Å². The molecule has 0 unspecified atom stereocenters. The molecule has 1 aliphatic carbocycles. The van der Waals surface area contributed by atoms with Crippen LogP contribution in [-0.4, -0.2) is 60.1 Å². The molecule has 1 spiro atoms. The van der Waals surface area contributed by atoms with Crippen molar-refractivity contribution in [2.45, 2.75) is 50.4 Å². The maximum absolute atomic E-state index is 13.3. The van der Waals surface area contributed by atoms with E-state index in [-0.39, 0.29) is 17.6 Å². The fraction of sp³-hybridized carbons (Fsp3) is 0.632. The van der Waals surface area contributed by atoms with Gasteiger partial charge >= 0.3 is 0 Å². The van der Waals surface area contributed by atoms with Crippen molar-refractivity contribution in [1.82, 2.24) is 9.80 Å². The van der Waals surface area contributed by atoms with Crippen molar-refractivity contribution < 1.29 is 14.3 Å². The maximum Gasteiger partial charge on any atom is 0.268 e. The summed E-state index contributed by atoms with van der Waals surface area (Å²) in [6.45, 7) is 4.60. The SMILES string of the molecule is C[C@@H]1Oc2ccccc2O[C@@H]1C(=O)N1CCN(C)CC12CCCC2. The summed E-state index contributed by atoms with van der Waals surface area (Å²) >= 11 is 0. The van der Waals surface area contributed by atoms with Gasteiger partial charge in [0.2, 0.25) is 6.10 Å². The van der Waals surface area contributed by atoms with Crippen LogP contribution in [0.3, 0.4) is 0 Å². The molecule has 0 N–H and O–H groups in total. The van der Waals surface area contributed by atoms with E-state index >= 15 is 0 Å². The van der Waals surface area contributed by atoms with Gasteiger partial charge in [0.25, 0.3) is 5.91 Å². The zero-order valence-corrected chi connectivity index (χ0v) is 14.5. The van der Waals surface area contributed by atoms with Gasteiger partial charge in [0.1, 0.15) is 6.10 Å². The predicted octanol–water partition coefficient (Wildman–Crippen LogP) is 2.30. The molecule has 0 radical (unpaired) electrons. The molecule has 5 nitrogen and oxygen atoms in total. The molecule has 1 amide bonds. The van der Waals surface area contributed by atoms with Crippen LogP contribution >= 0.6 is 0 Å². The number of benzene rings is 1.